The molecule has 5 rings (SSSR count). The average molecular weight is 552 g/mol. The first-order chi connectivity index (χ1) is 19.0. The van der Waals surface area contributed by atoms with Gasteiger partial charge in [-0.2, -0.15) is 28.4 Å². The van der Waals surface area contributed by atoms with E-state index in [0.717, 1.165) is 22.2 Å². The molecule has 4 N–H and O–H groups in total. The molecule has 13 heteroatoms. The number of anilines is 5. The fraction of sp³-hybridized carbons (Fsp3) is 0.111. The van der Waals surface area contributed by atoms with Crippen LogP contribution in [-0.4, -0.2) is 36.1 Å². The molecule has 0 fully saturated rings. The highest BCUT2D eigenvalue weighted by Gasteiger charge is 2.16. The lowest BCUT2D eigenvalue weighted by atomic mass is 10.1. The third-order valence-corrected chi connectivity index (χ3v) is 5.27. The van der Waals surface area contributed by atoms with E-state index in [1.807, 2.05) is 25.2 Å². The van der Waals surface area contributed by atoms with Gasteiger partial charge in [-0.05, 0) is 42.0 Å². The Kier molecular flexibility index (Phi) is 8.12. The molecule has 40 heavy (non-hydrogen) atoms. The Morgan fingerprint density at radius 1 is 1.05 bits per heavy atom. The van der Waals surface area contributed by atoms with E-state index in [-0.39, 0.29) is 12.6 Å². The number of alkyl halides is 3. The summed E-state index contributed by atoms with van der Waals surface area (Å²) in [5, 5.41) is 21.4. The van der Waals surface area contributed by atoms with Gasteiger partial charge in [0.1, 0.15) is 11.6 Å². The number of hydrogen-bond donors (Lipinski definition) is 4. The molecule has 0 aliphatic heterocycles. The van der Waals surface area contributed by atoms with E-state index in [4.69, 9.17) is 0 Å². The molecule has 0 unspecified atom stereocenters. The Morgan fingerprint density at radius 2 is 1.82 bits per heavy atom. The van der Waals surface area contributed by atoms with E-state index >= 15 is 0 Å². The second-order valence-electron chi connectivity index (χ2n) is 8.61. The second kappa shape index (κ2) is 11.7. The van der Waals surface area contributed by atoms with Crippen molar-refractivity contribution in [1.82, 2.24) is 29.9 Å². The van der Waals surface area contributed by atoms with Gasteiger partial charge >= 0.3 is 6.18 Å². The van der Waals surface area contributed by atoms with Crippen LogP contribution in [0.3, 0.4) is 0 Å². The van der Waals surface area contributed by atoms with Gasteiger partial charge in [-0.3, -0.25) is 9.78 Å². The monoisotopic (exact) mass is 551 g/mol. The predicted molar refractivity (Wildman–Crippen MR) is 148 cm³/mol. The highest BCUT2D eigenvalue weighted by Crippen LogP contribution is 2.33. The van der Waals surface area contributed by atoms with Crippen molar-refractivity contribution in [1.29, 1.82) is 0 Å². The van der Waals surface area contributed by atoms with Crippen LogP contribution in [0.15, 0.2) is 86.1 Å². The smallest absolute Gasteiger partial charge is 0.356 e. The normalized spacial score (nSPS) is 10.9. The van der Waals surface area contributed by atoms with Crippen molar-refractivity contribution in [2.45, 2.75) is 13.1 Å². The number of nitrogens with zero attached hydrogens (tertiary/aromatic N) is 5. The lowest BCUT2D eigenvalue weighted by Gasteiger charge is -2.15. The molecule has 2 aromatic carbocycles. The Hall–Kier alpha value is -5.20. The molecule has 0 saturated carbocycles. The Morgan fingerprint density at radius 3 is 2.52 bits per heavy atom. The van der Waals surface area contributed by atoms with Gasteiger partial charge < -0.3 is 16.0 Å². The number of halogens is 4. The van der Waals surface area contributed by atoms with Crippen LogP contribution in [0.2, 0.25) is 0 Å². The molecule has 206 valence electrons. The van der Waals surface area contributed by atoms with Crippen LogP contribution in [0.4, 0.5) is 46.4 Å². The second-order valence-corrected chi connectivity index (χ2v) is 8.61. The van der Waals surface area contributed by atoms with Gasteiger partial charge in [-0.25, -0.2) is 9.37 Å². The van der Waals surface area contributed by atoms with Crippen molar-refractivity contribution < 1.29 is 17.6 Å². The number of benzene rings is 2. The number of allylic oxidation sites excluding steroid dienone is 1. The number of fused-ring (bicyclic) bond motifs is 1. The Labute approximate surface area is 226 Å². The quantitative estimate of drug-likeness (QED) is 0.121. The number of hydrogen-bond acceptors (Lipinski definition) is 7. The highest BCUT2D eigenvalue weighted by molar-refractivity contribution is 5.87. The van der Waals surface area contributed by atoms with Gasteiger partial charge in [-0.1, -0.05) is 19.2 Å². The van der Waals surface area contributed by atoms with E-state index in [0.29, 0.717) is 28.7 Å². The maximum absolute atomic E-state index is 14.8. The highest BCUT2D eigenvalue weighted by atomic mass is 19.4. The lowest BCUT2D eigenvalue weighted by Crippen LogP contribution is -2.04. The number of aromatic nitrogens is 6. The summed E-state index contributed by atoms with van der Waals surface area (Å²) >= 11 is 0. The average Bonchev–Trinajstić information content (AvgIpc) is 3.53. The molecule has 3 aromatic heterocycles. The first kappa shape index (κ1) is 27.8. The van der Waals surface area contributed by atoms with E-state index < -0.39 is 12.0 Å². The summed E-state index contributed by atoms with van der Waals surface area (Å²) in [5.74, 6) is 0.326. The van der Waals surface area contributed by atoms with Crippen molar-refractivity contribution in [3.05, 3.63) is 91.9 Å². The summed E-state index contributed by atoms with van der Waals surface area (Å²) in [6.07, 6.45) is 4.49. The van der Waals surface area contributed by atoms with Crippen molar-refractivity contribution in [3.63, 3.8) is 0 Å². The van der Waals surface area contributed by atoms with E-state index in [9.17, 15) is 17.6 Å². The van der Waals surface area contributed by atoms with Gasteiger partial charge in [0.15, 0.2) is 0 Å². The molecular formula is C27H25F4N9. The van der Waals surface area contributed by atoms with Crippen LogP contribution < -0.4 is 16.0 Å². The van der Waals surface area contributed by atoms with Crippen molar-refractivity contribution in [3.8, 4) is 11.1 Å². The van der Waals surface area contributed by atoms with Gasteiger partial charge in [0, 0.05) is 48.7 Å². The number of rotatable bonds is 8. The zero-order valence-corrected chi connectivity index (χ0v) is 21.5. The number of nitrogens with one attached hydrogen (secondary N) is 4. The number of H-pyrrole nitrogens is 1. The fourth-order valence-corrected chi connectivity index (χ4v) is 3.54. The zero-order chi connectivity index (χ0) is 28.9. The summed E-state index contributed by atoms with van der Waals surface area (Å²) in [6.45, 7) is 7.72. The van der Waals surface area contributed by atoms with Crippen molar-refractivity contribution in [2.24, 2.45) is 7.05 Å². The molecule has 9 nitrogen and oxygen atoms in total. The van der Waals surface area contributed by atoms with Gasteiger partial charge in [0.05, 0.1) is 29.3 Å². The largest absolute Gasteiger partial charge is 0.386 e. The van der Waals surface area contributed by atoms with E-state index in [1.54, 1.807) is 47.7 Å². The Balaban J connectivity index is 0.000000681. The molecule has 3 heterocycles. The van der Waals surface area contributed by atoms with Crippen LogP contribution in [0.1, 0.15) is 6.92 Å². The molecular weight excluding hydrogens is 526 g/mol. The maximum Gasteiger partial charge on any atom is 0.386 e. The predicted octanol–water partition coefficient (Wildman–Crippen LogP) is 7.06. The van der Waals surface area contributed by atoms with Crippen LogP contribution in [0.5, 0.6) is 0 Å². The standard InChI is InChI=1S/C25H22FN9.C2H3F3/c1-4-15(2)30-18-6-7-21(26)23(10-18)32-24-20(16-5-8-22-17(9-16)11-28-34-22)13-27-25(33-24)31-19-12-29-35(3)14-19;1-2(3,4)5/h4-14,30H,1-2H2,3H3,(H,28,34)(H2,27,31,32,33);1H3. The van der Waals surface area contributed by atoms with Crippen molar-refractivity contribution >= 4 is 39.7 Å². The molecule has 5 aromatic rings. The molecule has 0 bridgehead atoms. The molecule has 0 aliphatic carbocycles. The first-order valence-electron chi connectivity index (χ1n) is 11.8. The summed E-state index contributed by atoms with van der Waals surface area (Å²) in [6, 6.07) is 10.5. The maximum atomic E-state index is 14.8. The third kappa shape index (κ3) is 7.43. The van der Waals surface area contributed by atoms with Crippen molar-refractivity contribution in [2.75, 3.05) is 16.0 Å². The molecule has 0 atom stereocenters. The van der Waals surface area contributed by atoms with Crippen LogP contribution in [0, 0.1) is 5.82 Å². The molecule has 0 aliphatic rings. The van der Waals surface area contributed by atoms with Gasteiger partial charge in [-0.15, -0.1) is 0 Å². The molecule has 0 saturated heterocycles. The summed E-state index contributed by atoms with van der Waals surface area (Å²) in [7, 11) is 1.82. The summed E-state index contributed by atoms with van der Waals surface area (Å²) < 4.78 is 47.5. The van der Waals surface area contributed by atoms with Crippen LogP contribution >= 0.6 is 0 Å². The minimum atomic E-state index is -4.00. The van der Waals surface area contributed by atoms with Crippen LogP contribution in [0.25, 0.3) is 22.0 Å². The third-order valence-electron chi connectivity index (χ3n) is 5.27. The molecule has 0 spiro atoms. The SMILES string of the molecule is C=CC(=C)Nc1ccc(F)c(Nc2nc(Nc3cnn(C)c3)ncc2-c2ccc3[nH]ncc3c2)c1.CC(F)(F)F. The topological polar surface area (TPSA) is 108 Å². The first-order valence-corrected chi connectivity index (χ1v) is 11.8. The number of aromatic amines is 1. The van der Waals surface area contributed by atoms with Gasteiger partial charge in [0.25, 0.3) is 0 Å². The van der Waals surface area contributed by atoms with E-state index in [1.165, 1.54) is 6.07 Å². The van der Waals surface area contributed by atoms with Crippen LogP contribution in [-0.2, 0) is 7.05 Å². The molecule has 0 radical (unpaired) electrons. The zero-order valence-electron chi connectivity index (χ0n) is 21.5. The summed E-state index contributed by atoms with van der Waals surface area (Å²) in [5.41, 5.74) is 4.67. The van der Waals surface area contributed by atoms with Gasteiger partial charge in [0.2, 0.25) is 5.95 Å². The summed E-state index contributed by atoms with van der Waals surface area (Å²) in [4.78, 5) is 9.12. The molecule has 0 amide bonds. The number of aryl methyl sites for hydroxylation is 1. The van der Waals surface area contributed by atoms with E-state index in [2.05, 4.69) is 54.4 Å². The minimum absolute atomic E-state index is 0.188. The minimum Gasteiger partial charge on any atom is -0.356 e. The lowest BCUT2D eigenvalue weighted by molar-refractivity contribution is -0.110. The fourth-order valence-electron chi connectivity index (χ4n) is 3.54. The Bertz CT molecular complexity index is 1650.